The highest BCUT2D eigenvalue weighted by Crippen LogP contribution is 2.45. The maximum Gasteiger partial charge on any atom is 0.331 e. The van der Waals surface area contributed by atoms with Gasteiger partial charge in [-0.25, -0.2) is 9.59 Å². The number of hydrogen-bond donors (Lipinski definition) is 1. The van der Waals surface area contributed by atoms with Gasteiger partial charge in [0.05, 0.1) is 13.2 Å². The molecule has 1 saturated carbocycles. The number of carbonyl (C=O) groups is 2. The third-order valence-corrected chi connectivity index (χ3v) is 8.55. The number of piperidine rings is 3. The van der Waals surface area contributed by atoms with E-state index in [9.17, 15) is 9.59 Å². The van der Waals surface area contributed by atoms with Gasteiger partial charge in [0.2, 0.25) is 0 Å². The summed E-state index contributed by atoms with van der Waals surface area (Å²) < 4.78 is 5.12. The molecule has 1 N–H and O–H groups in total. The molecule has 4 atom stereocenters. The van der Waals surface area contributed by atoms with Crippen LogP contribution in [0.4, 0.5) is 4.79 Å². The molecule has 0 aromatic rings. The van der Waals surface area contributed by atoms with Crippen LogP contribution >= 0.6 is 0 Å². The summed E-state index contributed by atoms with van der Waals surface area (Å²) in [5.41, 5.74) is 0.645. The first kappa shape index (κ1) is 20.3. The zero-order valence-corrected chi connectivity index (χ0v) is 18.4. The van der Waals surface area contributed by atoms with Gasteiger partial charge in [0.25, 0.3) is 0 Å². The van der Waals surface area contributed by atoms with Gasteiger partial charge >= 0.3 is 12.0 Å². The van der Waals surface area contributed by atoms with E-state index >= 15 is 0 Å². The molecule has 3 saturated heterocycles. The van der Waals surface area contributed by atoms with Gasteiger partial charge in [-0.15, -0.1) is 0 Å². The molecule has 3 aliphatic heterocycles. The Morgan fingerprint density at radius 2 is 1.93 bits per heavy atom. The fourth-order valence-electron chi connectivity index (χ4n) is 7.21. The maximum atomic E-state index is 13.6. The summed E-state index contributed by atoms with van der Waals surface area (Å²) in [4.78, 5) is 31.0. The summed E-state index contributed by atoms with van der Waals surface area (Å²) in [7, 11) is 1.44. The van der Waals surface area contributed by atoms with Gasteiger partial charge < -0.3 is 15.0 Å². The van der Waals surface area contributed by atoms with E-state index in [-0.39, 0.29) is 18.0 Å². The van der Waals surface area contributed by atoms with Crippen LogP contribution in [-0.4, -0.2) is 66.2 Å². The number of ether oxygens (including phenoxy) is 1. The van der Waals surface area contributed by atoms with Gasteiger partial charge in [0.15, 0.2) is 0 Å². The van der Waals surface area contributed by atoms with Crippen LogP contribution in [0.25, 0.3) is 0 Å². The van der Waals surface area contributed by atoms with E-state index in [0.29, 0.717) is 24.7 Å². The Bertz CT molecular complexity index is 714. The number of nitrogens with zero attached hydrogens (tertiary/aromatic N) is 2. The molecule has 2 bridgehead atoms. The van der Waals surface area contributed by atoms with Crippen LogP contribution in [0.5, 0.6) is 0 Å². The summed E-state index contributed by atoms with van der Waals surface area (Å²) in [6.45, 7) is 3.12. The van der Waals surface area contributed by atoms with Crippen LogP contribution in [0.3, 0.4) is 0 Å². The van der Waals surface area contributed by atoms with Crippen LogP contribution in [0, 0.1) is 11.8 Å². The highest BCUT2D eigenvalue weighted by atomic mass is 16.5. The number of amides is 2. The SMILES string of the molecule is COC(=O)C1(NC(=O)N2CCCC3=CC4CC(CN5CCCCC45)C32)CCCCC1. The van der Waals surface area contributed by atoms with E-state index in [1.807, 2.05) is 0 Å². The van der Waals surface area contributed by atoms with E-state index in [1.165, 1.54) is 44.9 Å². The van der Waals surface area contributed by atoms with Crippen LogP contribution in [0.1, 0.15) is 70.6 Å². The fraction of sp³-hybridized carbons (Fsp3) is 0.833. The lowest BCUT2D eigenvalue weighted by atomic mass is 9.68. The lowest BCUT2D eigenvalue weighted by molar-refractivity contribution is -0.149. The maximum absolute atomic E-state index is 13.6. The van der Waals surface area contributed by atoms with Crippen LogP contribution < -0.4 is 5.32 Å². The van der Waals surface area contributed by atoms with Crippen LogP contribution in [0.15, 0.2) is 11.6 Å². The lowest BCUT2D eigenvalue weighted by Gasteiger charge is -2.55. The average Bonchev–Trinajstić information content (AvgIpc) is 2.78. The molecule has 2 amide bonds. The quantitative estimate of drug-likeness (QED) is 0.554. The predicted octanol–water partition coefficient (Wildman–Crippen LogP) is 3.47. The smallest absolute Gasteiger partial charge is 0.331 e. The minimum absolute atomic E-state index is 0.0582. The molecule has 6 heteroatoms. The third-order valence-electron chi connectivity index (χ3n) is 8.55. The summed E-state index contributed by atoms with van der Waals surface area (Å²) in [5.74, 6) is 0.912. The number of likely N-dealkylation sites (tertiary alicyclic amines) is 1. The first-order valence-electron chi connectivity index (χ1n) is 12.2. The molecule has 3 heterocycles. The molecule has 0 aromatic heterocycles. The topological polar surface area (TPSA) is 61.9 Å². The van der Waals surface area contributed by atoms with Crippen molar-refractivity contribution in [3.8, 4) is 0 Å². The van der Waals surface area contributed by atoms with Crippen molar-refractivity contribution in [2.75, 3.05) is 26.7 Å². The second kappa shape index (κ2) is 8.18. The molecular weight excluding hydrogens is 378 g/mol. The summed E-state index contributed by atoms with van der Waals surface area (Å²) in [5, 5.41) is 3.19. The second-order valence-corrected chi connectivity index (χ2v) is 10.3. The van der Waals surface area contributed by atoms with Gasteiger partial charge in [-0.3, -0.25) is 4.90 Å². The molecule has 30 heavy (non-hydrogen) atoms. The number of fused-ring (bicyclic) bond motifs is 6. The van der Waals surface area contributed by atoms with Gasteiger partial charge in [0.1, 0.15) is 5.54 Å². The van der Waals surface area contributed by atoms with E-state index < -0.39 is 5.54 Å². The second-order valence-electron chi connectivity index (χ2n) is 10.3. The minimum atomic E-state index is -0.840. The number of rotatable bonds is 2. The average molecular weight is 416 g/mol. The standard InChI is InChI=1S/C24H37N3O3/c1-30-22(28)24(10-4-2-5-11-24)25-23(29)27-13-7-8-17-14-18-15-19(21(17)27)16-26-12-6-3-9-20(18)26/h14,18-21H,2-13,15-16H2,1H3,(H,25,29). The van der Waals surface area contributed by atoms with E-state index in [4.69, 9.17) is 4.74 Å². The Morgan fingerprint density at radius 1 is 1.10 bits per heavy atom. The largest absolute Gasteiger partial charge is 0.467 e. The highest BCUT2D eigenvalue weighted by molar-refractivity contribution is 5.87. The van der Waals surface area contributed by atoms with Crippen molar-refractivity contribution in [2.24, 2.45) is 11.8 Å². The lowest BCUT2D eigenvalue weighted by Crippen LogP contribution is -2.64. The zero-order chi connectivity index (χ0) is 20.7. The van der Waals surface area contributed by atoms with Crippen molar-refractivity contribution in [3.05, 3.63) is 11.6 Å². The van der Waals surface area contributed by atoms with Crippen LogP contribution in [0.2, 0.25) is 0 Å². The van der Waals surface area contributed by atoms with Crippen molar-refractivity contribution in [3.63, 3.8) is 0 Å². The molecule has 0 spiro atoms. The molecule has 4 fully saturated rings. The minimum Gasteiger partial charge on any atom is -0.467 e. The summed E-state index contributed by atoms with van der Waals surface area (Å²) >= 11 is 0. The molecule has 5 rings (SSSR count). The molecule has 0 aromatic carbocycles. The Balaban J connectivity index is 1.37. The monoisotopic (exact) mass is 415 g/mol. The van der Waals surface area contributed by atoms with Crippen molar-refractivity contribution in [2.45, 2.75) is 88.3 Å². The summed E-state index contributed by atoms with van der Waals surface area (Å²) in [6, 6.07) is 0.866. The Kier molecular flexibility index (Phi) is 5.55. The molecule has 6 nitrogen and oxygen atoms in total. The Morgan fingerprint density at radius 3 is 2.73 bits per heavy atom. The molecule has 0 radical (unpaired) electrons. The third kappa shape index (κ3) is 3.45. The number of hydrogen-bond acceptors (Lipinski definition) is 4. The number of urea groups is 1. The number of methoxy groups -OCH3 is 1. The number of carbonyl (C=O) groups excluding carboxylic acids is 2. The van der Waals surface area contributed by atoms with Gasteiger partial charge in [-0.2, -0.15) is 0 Å². The van der Waals surface area contributed by atoms with E-state index in [1.54, 1.807) is 0 Å². The molecule has 2 aliphatic carbocycles. The molecular formula is C24H37N3O3. The van der Waals surface area contributed by atoms with Gasteiger partial charge in [-0.05, 0) is 63.3 Å². The van der Waals surface area contributed by atoms with E-state index in [2.05, 4.69) is 21.2 Å². The van der Waals surface area contributed by atoms with Crippen molar-refractivity contribution in [1.82, 2.24) is 15.1 Å². The van der Waals surface area contributed by atoms with Crippen molar-refractivity contribution >= 4 is 12.0 Å². The first-order chi connectivity index (χ1) is 14.6. The predicted molar refractivity (Wildman–Crippen MR) is 115 cm³/mol. The Hall–Kier alpha value is -1.56. The van der Waals surface area contributed by atoms with Gasteiger partial charge in [0, 0.05) is 19.1 Å². The first-order valence-corrected chi connectivity index (χ1v) is 12.2. The fourth-order valence-corrected chi connectivity index (χ4v) is 7.21. The van der Waals surface area contributed by atoms with Crippen molar-refractivity contribution < 1.29 is 14.3 Å². The molecule has 4 unspecified atom stereocenters. The van der Waals surface area contributed by atoms with Crippen LogP contribution in [-0.2, 0) is 9.53 Å². The highest BCUT2D eigenvalue weighted by Gasteiger charge is 2.49. The number of nitrogens with one attached hydrogen (secondary N) is 1. The molecule has 5 aliphatic rings. The van der Waals surface area contributed by atoms with E-state index in [0.717, 1.165) is 51.2 Å². The van der Waals surface area contributed by atoms with Gasteiger partial charge in [-0.1, -0.05) is 37.3 Å². The summed E-state index contributed by atoms with van der Waals surface area (Å²) in [6.07, 6.45) is 14.3. The number of esters is 1. The van der Waals surface area contributed by atoms with Crippen molar-refractivity contribution in [1.29, 1.82) is 0 Å². The zero-order valence-electron chi connectivity index (χ0n) is 18.4. The Labute approximate surface area is 180 Å². The molecule has 166 valence electrons. The normalized spacial score (nSPS) is 35.5.